The van der Waals surface area contributed by atoms with E-state index in [9.17, 15) is 9.90 Å². The fourth-order valence-corrected chi connectivity index (χ4v) is 3.70. The molecule has 0 aliphatic heterocycles. The lowest BCUT2D eigenvalue weighted by molar-refractivity contribution is 0.0951. The summed E-state index contributed by atoms with van der Waals surface area (Å²) in [6, 6.07) is 8.21. The maximum atomic E-state index is 12.0. The molecule has 0 radical (unpaired) electrons. The first-order valence-electron chi connectivity index (χ1n) is 9.44. The van der Waals surface area contributed by atoms with Crippen LogP contribution in [0.5, 0.6) is 0 Å². The van der Waals surface area contributed by atoms with Gasteiger partial charge < -0.3 is 20.3 Å². The first-order chi connectivity index (χ1) is 12.7. The van der Waals surface area contributed by atoms with E-state index < -0.39 is 0 Å². The van der Waals surface area contributed by atoms with E-state index in [4.69, 9.17) is 0 Å². The molecule has 2 fully saturated rings. The number of amides is 1. The number of aliphatic hydroxyl groups is 1. The zero-order valence-corrected chi connectivity index (χ0v) is 14.8. The Morgan fingerprint density at radius 2 is 2.04 bits per heavy atom. The molecule has 1 amide bonds. The van der Waals surface area contributed by atoms with Gasteiger partial charge in [0.2, 0.25) is 0 Å². The topological polar surface area (TPSA) is 79.2 Å². The molecule has 0 spiro atoms. The van der Waals surface area contributed by atoms with Crippen LogP contribution in [0.4, 0.5) is 0 Å². The van der Waals surface area contributed by atoms with Crippen LogP contribution in [-0.2, 0) is 13.1 Å². The van der Waals surface area contributed by atoms with Gasteiger partial charge in [0, 0.05) is 43.1 Å². The number of carbonyl (C=O) groups excluding carboxylic acids is 1. The predicted octanol–water partition coefficient (Wildman–Crippen LogP) is 1.70. The largest absolute Gasteiger partial charge is 0.391 e. The second-order valence-corrected chi connectivity index (χ2v) is 7.60. The third kappa shape index (κ3) is 4.31. The predicted molar refractivity (Wildman–Crippen MR) is 98.5 cm³/mol. The van der Waals surface area contributed by atoms with Crippen LogP contribution >= 0.6 is 0 Å². The highest BCUT2D eigenvalue weighted by Gasteiger charge is 2.32. The van der Waals surface area contributed by atoms with E-state index in [0.717, 1.165) is 37.8 Å². The van der Waals surface area contributed by atoms with Crippen LogP contribution in [0.2, 0.25) is 0 Å². The number of hydrogen-bond donors (Lipinski definition) is 3. The van der Waals surface area contributed by atoms with E-state index in [0.29, 0.717) is 24.1 Å². The van der Waals surface area contributed by atoms with Crippen molar-refractivity contribution in [2.24, 2.45) is 5.92 Å². The third-order valence-corrected chi connectivity index (χ3v) is 5.35. The summed E-state index contributed by atoms with van der Waals surface area (Å²) >= 11 is 0. The molecule has 26 heavy (non-hydrogen) atoms. The van der Waals surface area contributed by atoms with Crippen molar-refractivity contribution >= 4 is 5.91 Å². The van der Waals surface area contributed by atoms with Crippen LogP contribution in [-0.4, -0.2) is 38.8 Å². The van der Waals surface area contributed by atoms with Gasteiger partial charge in [-0.25, -0.2) is 4.98 Å². The fraction of sp³-hybridized carbons (Fsp3) is 0.500. The van der Waals surface area contributed by atoms with Crippen LogP contribution in [0.3, 0.4) is 0 Å². The summed E-state index contributed by atoms with van der Waals surface area (Å²) in [6.45, 7) is 1.60. The van der Waals surface area contributed by atoms with Crippen molar-refractivity contribution in [1.29, 1.82) is 0 Å². The molecule has 138 valence electrons. The Kier molecular flexibility index (Phi) is 5.04. The van der Waals surface area contributed by atoms with Gasteiger partial charge in [-0.05, 0) is 49.3 Å². The molecule has 2 aliphatic carbocycles. The standard InChI is InChI=1S/C20H26N4O2/c25-19-10-15(12-24-8-7-21-13-24)9-18(19)22-11-14-1-3-16(4-2-14)20(26)23-17-5-6-17/h1-4,7-8,13,15,17-19,22,25H,5-6,9-12H2,(H,23,26)/t15?,18-,19-/m1/s1. The van der Waals surface area contributed by atoms with Crippen LogP contribution in [0.1, 0.15) is 41.6 Å². The molecule has 3 N–H and O–H groups in total. The Bertz CT molecular complexity index is 725. The molecule has 2 saturated carbocycles. The fourth-order valence-electron chi connectivity index (χ4n) is 3.70. The molecule has 0 bridgehead atoms. The lowest BCUT2D eigenvalue weighted by Crippen LogP contribution is -2.35. The zero-order valence-electron chi connectivity index (χ0n) is 14.8. The SMILES string of the molecule is O=C(NC1CC1)c1ccc(CN[C@@H]2CC(Cn3ccnc3)C[C@H]2O)cc1. The number of aromatic nitrogens is 2. The Labute approximate surface area is 153 Å². The molecule has 1 heterocycles. The molecule has 2 aromatic rings. The van der Waals surface area contributed by atoms with Crippen LogP contribution in [0, 0.1) is 5.92 Å². The number of nitrogens with one attached hydrogen (secondary N) is 2. The second-order valence-electron chi connectivity index (χ2n) is 7.60. The van der Waals surface area contributed by atoms with Crippen molar-refractivity contribution in [2.75, 3.05) is 0 Å². The minimum atomic E-state index is -0.313. The minimum absolute atomic E-state index is 0.0144. The first kappa shape index (κ1) is 17.2. The molecule has 6 nitrogen and oxygen atoms in total. The van der Waals surface area contributed by atoms with E-state index in [1.54, 1.807) is 6.20 Å². The zero-order chi connectivity index (χ0) is 17.9. The molecule has 6 heteroatoms. The van der Waals surface area contributed by atoms with Crippen molar-refractivity contribution in [3.05, 3.63) is 54.1 Å². The average molecular weight is 354 g/mol. The highest BCUT2D eigenvalue weighted by atomic mass is 16.3. The van der Waals surface area contributed by atoms with E-state index in [1.807, 2.05) is 36.8 Å². The van der Waals surface area contributed by atoms with Gasteiger partial charge in [0.15, 0.2) is 0 Å². The van der Waals surface area contributed by atoms with Crippen molar-refractivity contribution in [3.8, 4) is 0 Å². The van der Waals surface area contributed by atoms with Crippen molar-refractivity contribution < 1.29 is 9.90 Å². The average Bonchev–Trinajstić information content (AvgIpc) is 3.17. The number of rotatable bonds is 7. The summed E-state index contributed by atoms with van der Waals surface area (Å²) in [4.78, 5) is 16.1. The van der Waals surface area contributed by atoms with Gasteiger partial charge in [0.25, 0.3) is 5.91 Å². The van der Waals surface area contributed by atoms with Gasteiger partial charge in [-0.1, -0.05) is 12.1 Å². The molecule has 0 saturated heterocycles. The van der Waals surface area contributed by atoms with E-state index in [-0.39, 0.29) is 18.1 Å². The number of benzene rings is 1. The molecule has 1 aromatic heterocycles. The van der Waals surface area contributed by atoms with Gasteiger partial charge >= 0.3 is 0 Å². The summed E-state index contributed by atoms with van der Waals surface area (Å²) < 4.78 is 2.07. The Hall–Kier alpha value is -2.18. The lowest BCUT2D eigenvalue weighted by atomic mass is 10.1. The molecular formula is C20H26N4O2. The maximum Gasteiger partial charge on any atom is 0.251 e. The van der Waals surface area contributed by atoms with Gasteiger partial charge in [-0.2, -0.15) is 0 Å². The van der Waals surface area contributed by atoms with E-state index >= 15 is 0 Å². The smallest absolute Gasteiger partial charge is 0.251 e. The normalized spacial score (nSPS) is 25.3. The van der Waals surface area contributed by atoms with Gasteiger partial charge in [-0.15, -0.1) is 0 Å². The number of nitrogens with zero attached hydrogens (tertiary/aromatic N) is 2. The Morgan fingerprint density at radius 3 is 2.73 bits per heavy atom. The molecule has 4 rings (SSSR count). The number of carbonyl (C=O) groups is 1. The monoisotopic (exact) mass is 354 g/mol. The number of imidazole rings is 1. The summed E-state index contributed by atoms with van der Waals surface area (Å²) in [5, 5.41) is 16.8. The summed E-state index contributed by atoms with van der Waals surface area (Å²) in [6.07, 6.45) is 9.24. The summed E-state index contributed by atoms with van der Waals surface area (Å²) in [7, 11) is 0. The van der Waals surface area contributed by atoms with E-state index in [1.165, 1.54) is 0 Å². The minimum Gasteiger partial charge on any atom is -0.391 e. The van der Waals surface area contributed by atoms with Crippen molar-refractivity contribution in [3.63, 3.8) is 0 Å². The summed E-state index contributed by atoms with van der Waals surface area (Å²) in [5.74, 6) is 0.478. The molecule has 1 aromatic carbocycles. The van der Waals surface area contributed by atoms with Gasteiger partial charge in [0.1, 0.15) is 0 Å². The van der Waals surface area contributed by atoms with Gasteiger partial charge in [0.05, 0.1) is 12.4 Å². The molecule has 3 atom stereocenters. The van der Waals surface area contributed by atoms with Crippen LogP contribution < -0.4 is 10.6 Å². The maximum absolute atomic E-state index is 12.0. The number of aliphatic hydroxyl groups excluding tert-OH is 1. The first-order valence-corrected chi connectivity index (χ1v) is 9.44. The van der Waals surface area contributed by atoms with Gasteiger partial charge in [-0.3, -0.25) is 4.79 Å². The molecule has 2 aliphatic rings. The highest BCUT2D eigenvalue weighted by molar-refractivity contribution is 5.94. The molecule has 1 unspecified atom stereocenters. The van der Waals surface area contributed by atoms with Crippen molar-refractivity contribution in [2.45, 2.75) is 57.0 Å². The second kappa shape index (κ2) is 7.60. The Morgan fingerprint density at radius 1 is 1.23 bits per heavy atom. The van der Waals surface area contributed by atoms with Crippen LogP contribution in [0.25, 0.3) is 0 Å². The summed E-state index contributed by atoms with van der Waals surface area (Å²) in [5.41, 5.74) is 1.83. The Balaban J connectivity index is 1.26. The van der Waals surface area contributed by atoms with Crippen molar-refractivity contribution in [1.82, 2.24) is 20.2 Å². The number of hydrogen-bond acceptors (Lipinski definition) is 4. The molecular weight excluding hydrogens is 328 g/mol. The highest BCUT2D eigenvalue weighted by Crippen LogP contribution is 2.28. The van der Waals surface area contributed by atoms with E-state index in [2.05, 4.69) is 20.2 Å². The van der Waals surface area contributed by atoms with Crippen LogP contribution in [0.15, 0.2) is 43.0 Å². The quantitative estimate of drug-likeness (QED) is 0.707. The third-order valence-electron chi connectivity index (χ3n) is 5.35. The lowest BCUT2D eigenvalue weighted by Gasteiger charge is -2.16.